The summed E-state index contributed by atoms with van der Waals surface area (Å²) < 4.78 is 7.51. The van der Waals surface area contributed by atoms with Crippen molar-refractivity contribution in [3.05, 3.63) is 48.1 Å². The molecule has 1 aromatic carbocycles. The molecule has 1 aliphatic heterocycles. The second kappa shape index (κ2) is 3.28. The smallest absolute Gasteiger partial charge is 0.153 e. The lowest BCUT2D eigenvalue weighted by Crippen LogP contribution is -1.97. The second-order valence-electron chi connectivity index (χ2n) is 3.47. The first kappa shape index (κ1) is 7.29. The number of pyridine rings is 1. The van der Waals surface area contributed by atoms with E-state index in [-0.39, 0.29) is 6.17 Å². The van der Waals surface area contributed by atoms with E-state index in [4.69, 9.17) is 1.37 Å². The van der Waals surface area contributed by atoms with E-state index in [9.17, 15) is 0 Å². The molecular formula is C12H11N3. The van der Waals surface area contributed by atoms with Gasteiger partial charge in [0.25, 0.3) is 0 Å². The summed E-state index contributed by atoms with van der Waals surface area (Å²) in [5.41, 5.74) is 3.19. The Morgan fingerprint density at radius 2 is 2.00 bits per heavy atom. The fourth-order valence-electron chi connectivity index (χ4n) is 1.71. The standard InChI is InChI=1S/C12H11N3/c1-2-5-10-9(4-1)8-14-11-6-3-7-13-12(11)15-10/h1-7,14H,8H2,(H,13,15)/i7D. The molecule has 0 amide bonds. The van der Waals surface area contributed by atoms with Crippen LogP contribution in [-0.4, -0.2) is 4.98 Å². The molecule has 0 spiro atoms. The maximum absolute atomic E-state index is 7.51. The predicted octanol–water partition coefficient (Wildman–Crippen LogP) is 2.75. The van der Waals surface area contributed by atoms with E-state index in [1.54, 1.807) is 6.07 Å². The van der Waals surface area contributed by atoms with Crippen LogP contribution in [0.5, 0.6) is 0 Å². The van der Waals surface area contributed by atoms with Crippen molar-refractivity contribution in [2.24, 2.45) is 0 Å². The number of anilines is 3. The van der Waals surface area contributed by atoms with Crippen LogP contribution in [0.25, 0.3) is 0 Å². The van der Waals surface area contributed by atoms with Crippen LogP contribution in [0.4, 0.5) is 17.2 Å². The van der Waals surface area contributed by atoms with Gasteiger partial charge < -0.3 is 10.6 Å². The van der Waals surface area contributed by atoms with Crippen molar-refractivity contribution in [3.63, 3.8) is 0 Å². The van der Waals surface area contributed by atoms with Crippen LogP contribution in [0.3, 0.4) is 0 Å². The van der Waals surface area contributed by atoms with Crippen molar-refractivity contribution in [1.82, 2.24) is 4.98 Å². The van der Waals surface area contributed by atoms with Gasteiger partial charge in [0.05, 0.1) is 7.06 Å². The van der Waals surface area contributed by atoms with Crippen LogP contribution in [0, 0.1) is 0 Å². The minimum absolute atomic E-state index is 0.271. The molecule has 0 saturated heterocycles. The molecule has 0 aliphatic carbocycles. The van der Waals surface area contributed by atoms with E-state index in [0.717, 1.165) is 23.7 Å². The summed E-state index contributed by atoms with van der Waals surface area (Å²) in [6.45, 7) is 0.773. The Labute approximate surface area is 89.6 Å². The Morgan fingerprint density at radius 1 is 1.13 bits per heavy atom. The Hall–Kier alpha value is -2.03. The number of para-hydroxylation sites is 1. The zero-order valence-corrected chi connectivity index (χ0v) is 8.12. The van der Waals surface area contributed by atoms with Gasteiger partial charge in [0.1, 0.15) is 0 Å². The number of fused-ring (bicyclic) bond motifs is 2. The highest BCUT2D eigenvalue weighted by atomic mass is 15.1. The van der Waals surface area contributed by atoms with Crippen LogP contribution >= 0.6 is 0 Å². The summed E-state index contributed by atoms with van der Waals surface area (Å²) in [6, 6.07) is 11.7. The summed E-state index contributed by atoms with van der Waals surface area (Å²) >= 11 is 0. The molecule has 74 valence electrons. The SMILES string of the molecule is [2H]c1ccc2c(n1)Nc1ccccc1CN2. The Morgan fingerprint density at radius 3 is 3.00 bits per heavy atom. The summed E-state index contributed by atoms with van der Waals surface area (Å²) in [5.74, 6) is 0.720. The van der Waals surface area contributed by atoms with Gasteiger partial charge in [-0.2, -0.15) is 0 Å². The van der Waals surface area contributed by atoms with Crippen LogP contribution in [0.1, 0.15) is 6.93 Å². The van der Waals surface area contributed by atoms with Crippen molar-refractivity contribution in [2.75, 3.05) is 10.6 Å². The monoisotopic (exact) mass is 198 g/mol. The third kappa shape index (κ3) is 1.42. The summed E-state index contributed by atoms with van der Waals surface area (Å²) in [5, 5.41) is 6.55. The van der Waals surface area contributed by atoms with Gasteiger partial charge in [0, 0.05) is 18.4 Å². The van der Waals surface area contributed by atoms with E-state index in [1.165, 1.54) is 5.56 Å². The highest BCUT2D eigenvalue weighted by Crippen LogP contribution is 2.29. The molecule has 1 aliphatic rings. The minimum Gasteiger partial charge on any atom is -0.378 e. The van der Waals surface area contributed by atoms with Crippen LogP contribution in [0.15, 0.2) is 42.6 Å². The average molecular weight is 198 g/mol. The van der Waals surface area contributed by atoms with Gasteiger partial charge in [-0.25, -0.2) is 4.98 Å². The van der Waals surface area contributed by atoms with Crippen LogP contribution in [0.2, 0.25) is 0 Å². The largest absolute Gasteiger partial charge is 0.378 e. The van der Waals surface area contributed by atoms with Crippen LogP contribution < -0.4 is 10.6 Å². The Balaban J connectivity index is 2.10. The zero-order valence-electron chi connectivity index (χ0n) is 9.12. The molecule has 0 radical (unpaired) electrons. The molecular weight excluding hydrogens is 186 g/mol. The van der Waals surface area contributed by atoms with E-state index in [2.05, 4.69) is 21.7 Å². The number of hydrogen-bond donors (Lipinski definition) is 2. The highest BCUT2D eigenvalue weighted by molar-refractivity contribution is 5.74. The number of hydrogen-bond acceptors (Lipinski definition) is 3. The van der Waals surface area contributed by atoms with Crippen molar-refractivity contribution >= 4 is 17.2 Å². The van der Waals surface area contributed by atoms with Crippen molar-refractivity contribution in [3.8, 4) is 0 Å². The predicted molar refractivity (Wildman–Crippen MR) is 61.3 cm³/mol. The summed E-state index contributed by atoms with van der Waals surface area (Å²) in [4.78, 5) is 4.17. The Bertz CT molecular complexity index is 540. The first-order valence-electron chi connectivity index (χ1n) is 5.39. The lowest BCUT2D eigenvalue weighted by atomic mass is 10.2. The quantitative estimate of drug-likeness (QED) is 0.683. The molecule has 0 saturated carbocycles. The summed E-state index contributed by atoms with van der Waals surface area (Å²) in [7, 11) is 0. The van der Waals surface area contributed by atoms with E-state index >= 15 is 0 Å². The number of nitrogens with zero attached hydrogens (tertiary/aromatic N) is 1. The molecule has 0 fully saturated rings. The molecule has 1 aromatic heterocycles. The molecule has 3 rings (SSSR count). The first-order chi connectivity index (χ1) is 7.83. The number of benzene rings is 1. The van der Waals surface area contributed by atoms with Crippen molar-refractivity contribution in [1.29, 1.82) is 0 Å². The zero-order chi connectivity index (χ0) is 11.0. The molecule has 0 bridgehead atoms. The normalized spacial score (nSPS) is 13.7. The second-order valence-corrected chi connectivity index (χ2v) is 3.47. The van der Waals surface area contributed by atoms with Gasteiger partial charge in [0.15, 0.2) is 5.82 Å². The maximum Gasteiger partial charge on any atom is 0.153 e. The van der Waals surface area contributed by atoms with Gasteiger partial charge in [-0.15, -0.1) is 0 Å². The third-order valence-corrected chi connectivity index (χ3v) is 2.50. The average Bonchev–Trinajstić information content (AvgIpc) is 2.47. The van der Waals surface area contributed by atoms with Crippen molar-refractivity contribution in [2.45, 2.75) is 6.54 Å². The van der Waals surface area contributed by atoms with E-state index in [0.29, 0.717) is 0 Å². The molecule has 2 N–H and O–H groups in total. The van der Waals surface area contributed by atoms with Gasteiger partial charge in [0.2, 0.25) is 0 Å². The highest BCUT2D eigenvalue weighted by Gasteiger charge is 2.10. The molecule has 0 unspecified atom stereocenters. The van der Waals surface area contributed by atoms with Crippen molar-refractivity contribution < 1.29 is 1.37 Å². The van der Waals surface area contributed by atoms with Gasteiger partial charge in [-0.1, -0.05) is 18.2 Å². The number of nitrogens with one attached hydrogen (secondary N) is 2. The van der Waals surface area contributed by atoms with Crippen LogP contribution in [-0.2, 0) is 6.54 Å². The molecule has 2 heterocycles. The van der Waals surface area contributed by atoms with Gasteiger partial charge >= 0.3 is 0 Å². The Kier molecular flexibility index (Phi) is 1.59. The lowest BCUT2D eigenvalue weighted by Gasteiger charge is -2.06. The maximum atomic E-state index is 7.51. The molecule has 0 atom stereocenters. The summed E-state index contributed by atoms with van der Waals surface area (Å²) in [6.07, 6.45) is 0.271. The van der Waals surface area contributed by atoms with Gasteiger partial charge in [-0.3, -0.25) is 0 Å². The number of rotatable bonds is 0. The third-order valence-electron chi connectivity index (χ3n) is 2.50. The lowest BCUT2D eigenvalue weighted by molar-refractivity contribution is 1.17. The molecule has 3 heteroatoms. The topological polar surface area (TPSA) is 37.0 Å². The van der Waals surface area contributed by atoms with E-state index in [1.807, 2.05) is 24.3 Å². The first-order valence-corrected chi connectivity index (χ1v) is 4.89. The fourth-order valence-corrected chi connectivity index (χ4v) is 1.71. The molecule has 3 nitrogen and oxygen atoms in total. The molecule has 2 aromatic rings. The minimum atomic E-state index is 0.271. The molecule has 15 heavy (non-hydrogen) atoms. The van der Waals surface area contributed by atoms with Gasteiger partial charge in [-0.05, 0) is 23.8 Å². The van der Waals surface area contributed by atoms with E-state index < -0.39 is 0 Å². The number of aromatic nitrogens is 1. The fraction of sp³-hybridized carbons (Fsp3) is 0.0833.